The summed E-state index contributed by atoms with van der Waals surface area (Å²) in [4.78, 5) is 0. The Morgan fingerprint density at radius 1 is 1.16 bits per heavy atom. The molecule has 1 atom stereocenters. The van der Waals surface area contributed by atoms with Crippen LogP contribution < -0.4 is 5.32 Å². The summed E-state index contributed by atoms with van der Waals surface area (Å²) in [6.07, 6.45) is 0. The second-order valence-corrected chi connectivity index (χ2v) is 5.68. The van der Waals surface area contributed by atoms with Gasteiger partial charge in [0.05, 0.1) is 6.04 Å². The topological polar surface area (TPSA) is 12.0 Å². The Hall–Kier alpha value is -0.940. The fourth-order valence-electron chi connectivity index (χ4n) is 2.22. The summed E-state index contributed by atoms with van der Waals surface area (Å²) in [7, 11) is 0. The van der Waals surface area contributed by atoms with Crippen molar-refractivity contribution >= 4 is 22.6 Å². The monoisotopic (exact) mass is 369 g/mol. The Morgan fingerprint density at radius 2 is 1.89 bits per heavy atom. The molecule has 0 aliphatic carbocycles. The van der Waals surface area contributed by atoms with Crippen molar-refractivity contribution in [2.24, 2.45) is 0 Å². The van der Waals surface area contributed by atoms with Crippen LogP contribution in [-0.2, 0) is 0 Å². The van der Waals surface area contributed by atoms with Gasteiger partial charge in [-0.25, -0.2) is 4.39 Å². The maximum Gasteiger partial charge on any atom is 0.123 e. The molecule has 2 aromatic carbocycles. The Labute approximate surface area is 127 Å². The van der Waals surface area contributed by atoms with Gasteiger partial charge in [0, 0.05) is 3.57 Å². The van der Waals surface area contributed by atoms with E-state index in [1.807, 2.05) is 25.1 Å². The predicted molar refractivity (Wildman–Crippen MR) is 85.8 cm³/mol. The minimum atomic E-state index is -0.186. The normalized spacial score (nSPS) is 12.4. The van der Waals surface area contributed by atoms with Crippen molar-refractivity contribution in [2.75, 3.05) is 6.54 Å². The lowest BCUT2D eigenvalue weighted by atomic mass is 9.95. The predicted octanol–water partition coefficient (Wildman–Crippen LogP) is 4.44. The lowest BCUT2D eigenvalue weighted by molar-refractivity contribution is 0.599. The van der Waals surface area contributed by atoms with Gasteiger partial charge in [0.2, 0.25) is 0 Å². The fraction of sp³-hybridized carbons (Fsp3) is 0.250. The summed E-state index contributed by atoms with van der Waals surface area (Å²) in [5.74, 6) is -0.186. The zero-order valence-corrected chi connectivity index (χ0v) is 13.2. The van der Waals surface area contributed by atoms with Gasteiger partial charge < -0.3 is 5.32 Å². The van der Waals surface area contributed by atoms with Gasteiger partial charge in [0.1, 0.15) is 5.82 Å². The first-order chi connectivity index (χ1) is 9.13. The number of benzene rings is 2. The highest BCUT2D eigenvalue weighted by atomic mass is 127. The lowest BCUT2D eigenvalue weighted by Crippen LogP contribution is -2.23. The largest absolute Gasteiger partial charge is 0.306 e. The fourth-order valence-corrected chi connectivity index (χ4v) is 2.92. The van der Waals surface area contributed by atoms with Crippen LogP contribution in [0.4, 0.5) is 4.39 Å². The van der Waals surface area contributed by atoms with E-state index in [-0.39, 0.29) is 11.9 Å². The third-order valence-corrected chi connectivity index (χ3v) is 4.16. The van der Waals surface area contributed by atoms with Gasteiger partial charge in [-0.3, -0.25) is 0 Å². The van der Waals surface area contributed by atoms with Crippen LogP contribution >= 0.6 is 22.6 Å². The van der Waals surface area contributed by atoms with Crippen molar-refractivity contribution in [2.45, 2.75) is 19.9 Å². The van der Waals surface area contributed by atoms with Crippen LogP contribution in [-0.4, -0.2) is 6.54 Å². The molecule has 1 nitrogen and oxygen atoms in total. The molecular formula is C16H17FIN. The second-order valence-electron chi connectivity index (χ2n) is 4.51. The van der Waals surface area contributed by atoms with E-state index in [1.54, 1.807) is 6.07 Å². The molecule has 0 aliphatic heterocycles. The average molecular weight is 369 g/mol. The van der Waals surface area contributed by atoms with E-state index >= 15 is 0 Å². The number of hydrogen-bond acceptors (Lipinski definition) is 1. The van der Waals surface area contributed by atoms with Crippen LogP contribution in [0, 0.1) is 16.3 Å². The quantitative estimate of drug-likeness (QED) is 0.786. The molecule has 0 aliphatic rings. The summed E-state index contributed by atoms with van der Waals surface area (Å²) < 4.78 is 14.7. The minimum absolute atomic E-state index is 0.0359. The zero-order valence-electron chi connectivity index (χ0n) is 11.1. The van der Waals surface area contributed by atoms with Crippen LogP contribution in [0.3, 0.4) is 0 Å². The lowest BCUT2D eigenvalue weighted by Gasteiger charge is -2.22. The summed E-state index contributed by atoms with van der Waals surface area (Å²) in [6, 6.07) is 13.2. The maximum atomic E-state index is 13.5. The van der Waals surface area contributed by atoms with Crippen LogP contribution in [0.15, 0.2) is 42.5 Å². The van der Waals surface area contributed by atoms with Gasteiger partial charge in [-0.05, 0) is 70.9 Å². The highest BCUT2D eigenvalue weighted by Gasteiger charge is 2.17. The molecule has 0 aromatic heterocycles. The third-order valence-electron chi connectivity index (χ3n) is 3.18. The Kier molecular flexibility index (Phi) is 4.93. The number of aryl methyl sites for hydroxylation is 1. The molecule has 19 heavy (non-hydrogen) atoms. The van der Waals surface area contributed by atoms with Crippen molar-refractivity contribution in [3.05, 3.63) is 68.5 Å². The Morgan fingerprint density at radius 3 is 2.58 bits per heavy atom. The summed E-state index contributed by atoms with van der Waals surface area (Å²) in [5.41, 5.74) is 3.30. The SMILES string of the molecule is CCNC(c1cc(F)ccc1C)c1ccccc1I. The number of nitrogens with one attached hydrogen (secondary N) is 1. The molecule has 0 spiro atoms. The van der Waals surface area contributed by atoms with E-state index in [0.717, 1.165) is 17.7 Å². The van der Waals surface area contributed by atoms with Crippen LogP contribution in [0.25, 0.3) is 0 Å². The molecule has 0 saturated heterocycles. The van der Waals surface area contributed by atoms with E-state index in [0.29, 0.717) is 0 Å². The van der Waals surface area contributed by atoms with Crippen LogP contribution in [0.1, 0.15) is 29.7 Å². The molecule has 2 rings (SSSR count). The zero-order chi connectivity index (χ0) is 13.8. The van der Waals surface area contributed by atoms with Gasteiger partial charge in [-0.2, -0.15) is 0 Å². The van der Waals surface area contributed by atoms with Gasteiger partial charge >= 0.3 is 0 Å². The Bertz CT molecular complexity index is 568. The molecule has 0 heterocycles. The molecular weight excluding hydrogens is 352 g/mol. The molecule has 0 radical (unpaired) electrons. The minimum Gasteiger partial charge on any atom is -0.306 e. The third kappa shape index (κ3) is 3.34. The van der Waals surface area contributed by atoms with Crippen molar-refractivity contribution in [3.8, 4) is 0 Å². The van der Waals surface area contributed by atoms with Crippen molar-refractivity contribution in [3.63, 3.8) is 0 Å². The molecule has 100 valence electrons. The second kappa shape index (κ2) is 6.48. The molecule has 1 unspecified atom stereocenters. The molecule has 3 heteroatoms. The van der Waals surface area contributed by atoms with E-state index in [4.69, 9.17) is 0 Å². The first kappa shape index (κ1) is 14.5. The standard InChI is InChI=1S/C16H17FIN/c1-3-19-16(13-6-4-5-7-15(13)18)14-10-12(17)9-8-11(14)2/h4-10,16,19H,3H2,1-2H3. The van der Waals surface area contributed by atoms with Gasteiger partial charge in [0.15, 0.2) is 0 Å². The highest BCUT2D eigenvalue weighted by Crippen LogP contribution is 2.28. The first-order valence-corrected chi connectivity index (χ1v) is 7.45. The number of halogens is 2. The molecule has 0 fully saturated rings. The molecule has 0 amide bonds. The average Bonchev–Trinajstić information content (AvgIpc) is 2.40. The molecule has 0 saturated carbocycles. The summed E-state index contributed by atoms with van der Waals surface area (Å²) in [6.45, 7) is 4.93. The van der Waals surface area contributed by atoms with Gasteiger partial charge in [-0.1, -0.05) is 31.2 Å². The molecule has 0 bridgehead atoms. The highest BCUT2D eigenvalue weighted by molar-refractivity contribution is 14.1. The van der Waals surface area contributed by atoms with Gasteiger partial charge in [-0.15, -0.1) is 0 Å². The van der Waals surface area contributed by atoms with Crippen molar-refractivity contribution < 1.29 is 4.39 Å². The summed E-state index contributed by atoms with van der Waals surface area (Å²) in [5, 5.41) is 3.45. The van der Waals surface area contributed by atoms with Crippen LogP contribution in [0.5, 0.6) is 0 Å². The summed E-state index contributed by atoms with van der Waals surface area (Å²) >= 11 is 2.33. The van der Waals surface area contributed by atoms with E-state index < -0.39 is 0 Å². The number of rotatable bonds is 4. The molecule has 1 N–H and O–H groups in total. The van der Waals surface area contributed by atoms with Crippen molar-refractivity contribution in [1.82, 2.24) is 5.32 Å². The van der Waals surface area contributed by atoms with Crippen molar-refractivity contribution in [1.29, 1.82) is 0 Å². The van der Waals surface area contributed by atoms with Gasteiger partial charge in [0.25, 0.3) is 0 Å². The smallest absolute Gasteiger partial charge is 0.123 e. The van der Waals surface area contributed by atoms with Crippen LogP contribution in [0.2, 0.25) is 0 Å². The van der Waals surface area contributed by atoms with E-state index in [1.165, 1.54) is 15.2 Å². The number of hydrogen-bond donors (Lipinski definition) is 1. The van der Waals surface area contributed by atoms with E-state index in [9.17, 15) is 4.39 Å². The maximum absolute atomic E-state index is 13.5. The van der Waals surface area contributed by atoms with E-state index in [2.05, 4.69) is 47.0 Å². The molecule has 2 aromatic rings. The Balaban J connectivity index is 2.51. The first-order valence-electron chi connectivity index (χ1n) is 6.37.